The fraction of sp³-hybridized carbons (Fsp3) is 0.588. The molecule has 1 amide bonds. The van der Waals surface area contributed by atoms with Crippen LogP contribution in [0.15, 0.2) is 29.2 Å². The number of hydrogen-bond acceptors (Lipinski definition) is 6. The summed E-state index contributed by atoms with van der Waals surface area (Å²) in [6, 6.07) is 6.75. The molecule has 1 aromatic carbocycles. The molecule has 0 aromatic heterocycles. The number of rotatable bonds is 7. The van der Waals surface area contributed by atoms with Gasteiger partial charge < -0.3 is 15.0 Å². The highest BCUT2D eigenvalue weighted by molar-refractivity contribution is 7.99. The van der Waals surface area contributed by atoms with E-state index in [9.17, 15) is 13.2 Å². The van der Waals surface area contributed by atoms with Crippen LogP contribution in [-0.2, 0) is 14.8 Å². The fourth-order valence-corrected chi connectivity index (χ4v) is 4.75. The summed E-state index contributed by atoms with van der Waals surface area (Å²) in [7, 11) is -3.68. The van der Waals surface area contributed by atoms with Crippen LogP contribution >= 0.6 is 11.8 Å². The van der Waals surface area contributed by atoms with Gasteiger partial charge in [0.1, 0.15) is 5.75 Å². The second-order valence-corrected chi connectivity index (χ2v) is 9.26. The number of nitrogens with one attached hydrogen (secondary N) is 1. The largest absolute Gasteiger partial charge is 0.493 e. The average Bonchev–Trinajstić information content (AvgIpc) is 2.87. The predicted molar refractivity (Wildman–Crippen MR) is 102 cm³/mol. The third-order valence-corrected chi connectivity index (χ3v) is 6.65. The summed E-state index contributed by atoms with van der Waals surface area (Å²) in [6.07, 6.45) is 3.27. The molecule has 2 bridgehead atoms. The van der Waals surface area contributed by atoms with E-state index in [-0.39, 0.29) is 10.8 Å². The number of ether oxygens (including phenoxy) is 1. The minimum atomic E-state index is -3.68. The molecule has 2 aliphatic rings. The molecule has 2 heterocycles. The summed E-state index contributed by atoms with van der Waals surface area (Å²) in [5.41, 5.74) is 0. The molecule has 2 aliphatic heterocycles. The second-order valence-electron chi connectivity index (χ2n) is 6.60. The Balaban J connectivity index is 1.38. The maximum absolute atomic E-state index is 12.5. The number of carbonyl (C=O) groups is 1. The molecule has 2 atom stereocenters. The van der Waals surface area contributed by atoms with Crippen molar-refractivity contribution in [3.05, 3.63) is 24.3 Å². The molecule has 2 saturated heterocycles. The summed E-state index contributed by atoms with van der Waals surface area (Å²) < 4.78 is 28.0. The average molecular weight is 400 g/mol. The molecule has 0 radical (unpaired) electrons. The topological polar surface area (TPSA) is 102 Å². The zero-order chi connectivity index (χ0) is 18.6. The van der Waals surface area contributed by atoms with E-state index >= 15 is 0 Å². The smallest absolute Gasteiger partial charge is 0.238 e. The van der Waals surface area contributed by atoms with Gasteiger partial charge in [0.05, 0.1) is 17.3 Å². The van der Waals surface area contributed by atoms with E-state index < -0.39 is 10.0 Å². The zero-order valence-electron chi connectivity index (χ0n) is 14.6. The molecular formula is C17H25N3O4S2. The minimum absolute atomic E-state index is 0.0615. The van der Waals surface area contributed by atoms with Crippen molar-refractivity contribution in [2.45, 2.75) is 36.2 Å². The molecule has 2 unspecified atom stereocenters. The molecule has 3 N–H and O–H groups in total. The molecule has 9 heteroatoms. The van der Waals surface area contributed by atoms with Crippen molar-refractivity contribution >= 4 is 27.7 Å². The van der Waals surface area contributed by atoms with E-state index in [0.29, 0.717) is 35.9 Å². The van der Waals surface area contributed by atoms with Crippen molar-refractivity contribution in [3.8, 4) is 5.75 Å². The highest BCUT2D eigenvalue weighted by Crippen LogP contribution is 2.28. The van der Waals surface area contributed by atoms with Gasteiger partial charge in [0.15, 0.2) is 0 Å². The first-order chi connectivity index (χ1) is 12.4. The number of thioether (sulfide) groups is 1. The van der Waals surface area contributed by atoms with E-state index in [0.717, 1.165) is 32.4 Å². The van der Waals surface area contributed by atoms with Crippen LogP contribution in [0.25, 0.3) is 0 Å². The molecule has 1 aromatic rings. The summed E-state index contributed by atoms with van der Waals surface area (Å²) in [5.74, 6) is 1.98. The Morgan fingerprint density at radius 1 is 1.23 bits per heavy atom. The lowest BCUT2D eigenvalue weighted by Gasteiger charge is -2.27. The van der Waals surface area contributed by atoms with Gasteiger partial charge in [-0.15, -0.1) is 11.8 Å². The van der Waals surface area contributed by atoms with Crippen molar-refractivity contribution in [3.63, 3.8) is 0 Å². The van der Waals surface area contributed by atoms with E-state index in [1.54, 1.807) is 23.9 Å². The summed E-state index contributed by atoms with van der Waals surface area (Å²) >= 11 is 1.57. The standard InChI is InChI=1S/C17H25N3O4S2/c18-26(22,23)16-5-3-15(4-6-16)24-9-10-25-12-17(21)20-13-1-2-14(20)11-19-8-7-13/h3-6,13-14,19H,1-2,7-12H2,(H2,18,22,23). The van der Waals surface area contributed by atoms with Crippen LogP contribution in [0.5, 0.6) is 5.75 Å². The van der Waals surface area contributed by atoms with Gasteiger partial charge >= 0.3 is 0 Å². The lowest BCUT2D eigenvalue weighted by Crippen LogP contribution is -2.43. The third-order valence-electron chi connectivity index (χ3n) is 4.82. The maximum Gasteiger partial charge on any atom is 0.238 e. The van der Waals surface area contributed by atoms with Gasteiger partial charge in [-0.05, 0) is 50.1 Å². The van der Waals surface area contributed by atoms with Gasteiger partial charge in [-0.1, -0.05) is 0 Å². The number of hydrogen-bond donors (Lipinski definition) is 2. The van der Waals surface area contributed by atoms with Crippen LogP contribution in [0.3, 0.4) is 0 Å². The fourth-order valence-electron chi connectivity index (χ4n) is 3.57. The van der Waals surface area contributed by atoms with Gasteiger partial charge in [-0.2, -0.15) is 0 Å². The molecule has 144 valence electrons. The molecule has 3 rings (SSSR count). The van der Waals surface area contributed by atoms with Crippen LogP contribution in [-0.4, -0.2) is 62.5 Å². The highest BCUT2D eigenvalue weighted by Gasteiger charge is 2.37. The normalized spacial score (nSPS) is 22.9. The number of nitrogens with two attached hydrogens (primary N) is 1. The van der Waals surface area contributed by atoms with E-state index in [1.807, 2.05) is 0 Å². The SMILES string of the molecule is NS(=O)(=O)c1ccc(OCCSCC(=O)N2C3CCNCC2CC3)cc1. The molecule has 26 heavy (non-hydrogen) atoms. The van der Waals surface area contributed by atoms with Crippen molar-refractivity contribution in [1.82, 2.24) is 10.2 Å². The molecule has 0 aliphatic carbocycles. The lowest BCUT2D eigenvalue weighted by molar-refractivity contribution is -0.130. The van der Waals surface area contributed by atoms with Gasteiger partial charge in [0.2, 0.25) is 15.9 Å². The van der Waals surface area contributed by atoms with Crippen molar-refractivity contribution in [2.24, 2.45) is 5.14 Å². The Hall–Kier alpha value is -1.29. The van der Waals surface area contributed by atoms with Gasteiger partial charge in [-0.25, -0.2) is 13.6 Å². The Labute approximate surface area is 158 Å². The van der Waals surface area contributed by atoms with Crippen LogP contribution in [0.2, 0.25) is 0 Å². The maximum atomic E-state index is 12.5. The first kappa shape index (κ1) is 19.5. The third kappa shape index (κ3) is 4.91. The van der Waals surface area contributed by atoms with Crippen LogP contribution in [0.1, 0.15) is 19.3 Å². The minimum Gasteiger partial charge on any atom is -0.493 e. The van der Waals surface area contributed by atoms with Crippen LogP contribution in [0, 0.1) is 0 Å². The molecular weight excluding hydrogens is 374 g/mol. The van der Waals surface area contributed by atoms with E-state index in [4.69, 9.17) is 9.88 Å². The highest BCUT2D eigenvalue weighted by atomic mass is 32.2. The van der Waals surface area contributed by atoms with Gasteiger partial charge in [0.25, 0.3) is 0 Å². The molecule has 0 spiro atoms. The summed E-state index contributed by atoms with van der Waals surface area (Å²) in [5, 5.41) is 8.46. The number of carbonyl (C=O) groups excluding carboxylic acids is 1. The van der Waals surface area contributed by atoms with Crippen molar-refractivity contribution in [2.75, 3.05) is 31.2 Å². The first-order valence-electron chi connectivity index (χ1n) is 8.80. The van der Waals surface area contributed by atoms with Crippen LogP contribution < -0.4 is 15.2 Å². The van der Waals surface area contributed by atoms with Gasteiger partial charge in [0, 0.05) is 24.4 Å². The van der Waals surface area contributed by atoms with Crippen LogP contribution in [0.4, 0.5) is 0 Å². The number of nitrogens with zero attached hydrogens (tertiary/aromatic N) is 1. The summed E-state index contributed by atoms with van der Waals surface area (Å²) in [6.45, 7) is 2.36. The number of sulfonamides is 1. The van der Waals surface area contributed by atoms with Crippen molar-refractivity contribution in [1.29, 1.82) is 0 Å². The first-order valence-corrected chi connectivity index (χ1v) is 11.5. The zero-order valence-corrected chi connectivity index (χ0v) is 16.2. The van der Waals surface area contributed by atoms with E-state index in [2.05, 4.69) is 10.2 Å². The Bertz CT molecular complexity index is 710. The molecule has 7 nitrogen and oxygen atoms in total. The Morgan fingerprint density at radius 2 is 1.96 bits per heavy atom. The molecule has 2 fully saturated rings. The van der Waals surface area contributed by atoms with E-state index in [1.165, 1.54) is 12.1 Å². The number of amides is 1. The Morgan fingerprint density at radius 3 is 2.69 bits per heavy atom. The van der Waals surface area contributed by atoms with Gasteiger partial charge in [-0.3, -0.25) is 4.79 Å². The number of primary sulfonamides is 1. The second kappa shape index (κ2) is 8.60. The Kier molecular flexibility index (Phi) is 6.44. The monoisotopic (exact) mass is 399 g/mol. The summed E-state index contributed by atoms with van der Waals surface area (Å²) in [4.78, 5) is 14.7. The van der Waals surface area contributed by atoms with Crippen molar-refractivity contribution < 1.29 is 17.9 Å². The predicted octanol–water partition coefficient (Wildman–Crippen LogP) is 0.799. The molecule has 0 saturated carbocycles. The number of fused-ring (bicyclic) bond motifs is 2. The lowest BCUT2D eigenvalue weighted by atomic mass is 10.1. The number of benzene rings is 1. The quantitative estimate of drug-likeness (QED) is 0.658.